The van der Waals surface area contributed by atoms with Gasteiger partial charge in [0.05, 0.1) is 15.8 Å². The SMILES string of the molecule is Cc1c(Cl)cnc(NC(=O)CSc2nccn2C2CC2)c1Cl. The van der Waals surface area contributed by atoms with Crippen molar-refractivity contribution in [1.82, 2.24) is 14.5 Å². The molecule has 0 atom stereocenters. The van der Waals surface area contributed by atoms with Gasteiger partial charge < -0.3 is 9.88 Å². The summed E-state index contributed by atoms with van der Waals surface area (Å²) < 4.78 is 2.12. The summed E-state index contributed by atoms with van der Waals surface area (Å²) >= 11 is 13.5. The van der Waals surface area contributed by atoms with Crippen molar-refractivity contribution in [2.45, 2.75) is 31.0 Å². The van der Waals surface area contributed by atoms with Crippen molar-refractivity contribution in [3.8, 4) is 0 Å². The lowest BCUT2D eigenvalue weighted by atomic mass is 10.3. The Labute approximate surface area is 142 Å². The Balaban J connectivity index is 1.61. The minimum absolute atomic E-state index is 0.175. The highest BCUT2D eigenvalue weighted by Crippen LogP contribution is 2.37. The number of carbonyl (C=O) groups is 1. The number of rotatable bonds is 5. The Morgan fingerprint density at radius 2 is 2.23 bits per heavy atom. The second-order valence-corrected chi connectivity index (χ2v) is 6.81. The summed E-state index contributed by atoms with van der Waals surface area (Å²) in [4.78, 5) is 20.4. The van der Waals surface area contributed by atoms with Crippen LogP contribution < -0.4 is 5.32 Å². The number of hydrogen-bond acceptors (Lipinski definition) is 4. The fourth-order valence-corrected chi connectivity index (χ4v) is 3.20. The highest BCUT2D eigenvalue weighted by atomic mass is 35.5. The van der Waals surface area contributed by atoms with Gasteiger partial charge in [0.1, 0.15) is 0 Å². The van der Waals surface area contributed by atoms with Gasteiger partial charge in [-0.15, -0.1) is 0 Å². The molecule has 2 aromatic rings. The lowest BCUT2D eigenvalue weighted by Gasteiger charge is -2.09. The molecule has 1 aliphatic rings. The van der Waals surface area contributed by atoms with Gasteiger partial charge in [0.2, 0.25) is 5.91 Å². The third kappa shape index (κ3) is 3.39. The molecule has 1 fully saturated rings. The number of pyridine rings is 1. The molecule has 1 aliphatic carbocycles. The van der Waals surface area contributed by atoms with Crippen molar-refractivity contribution in [2.75, 3.05) is 11.1 Å². The van der Waals surface area contributed by atoms with Crippen LogP contribution >= 0.6 is 35.0 Å². The summed E-state index contributed by atoms with van der Waals surface area (Å²) in [5.74, 6) is 0.412. The van der Waals surface area contributed by atoms with E-state index in [1.807, 2.05) is 6.20 Å². The lowest BCUT2D eigenvalue weighted by molar-refractivity contribution is -0.113. The van der Waals surface area contributed by atoms with Crippen molar-refractivity contribution in [1.29, 1.82) is 0 Å². The third-order valence-electron chi connectivity index (χ3n) is 3.37. The molecule has 1 saturated carbocycles. The van der Waals surface area contributed by atoms with E-state index in [2.05, 4.69) is 19.9 Å². The van der Waals surface area contributed by atoms with Crippen LogP contribution in [0.1, 0.15) is 24.4 Å². The van der Waals surface area contributed by atoms with Gasteiger partial charge in [-0.1, -0.05) is 35.0 Å². The first-order valence-corrected chi connectivity index (χ1v) is 8.56. The van der Waals surface area contributed by atoms with Gasteiger partial charge in [0.15, 0.2) is 11.0 Å². The predicted octanol–water partition coefficient (Wildman–Crippen LogP) is 3.96. The Kier molecular flexibility index (Phi) is 4.61. The summed E-state index contributed by atoms with van der Waals surface area (Å²) in [6.07, 6.45) is 7.56. The molecule has 5 nitrogen and oxygen atoms in total. The zero-order valence-corrected chi connectivity index (χ0v) is 14.2. The number of hydrogen-bond donors (Lipinski definition) is 1. The molecule has 0 radical (unpaired) electrons. The molecule has 116 valence electrons. The topological polar surface area (TPSA) is 59.8 Å². The molecule has 2 heterocycles. The number of nitrogens with one attached hydrogen (secondary N) is 1. The van der Waals surface area contributed by atoms with E-state index in [-0.39, 0.29) is 11.7 Å². The van der Waals surface area contributed by atoms with E-state index in [1.54, 1.807) is 13.1 Å². The van der Waals surface area contributed by atoms with E-state index < -0.39 is 0 Å². The molecule has 3 rings (SSSR count). The van der Waals surface area contributed by atoms with Crippen molar-refractivity contribution < 1.29 is 4.79 Å². The average molecular weight is 357 g/mol. The smallest absolute Gasteiger partial charge is 0.236 e. The van der Waals surface area contributed by atoms with Crippen molar-refractivity contribution >= 4 is 46.7 Å². The summed E-state index contributed by atoms with van der Waals surface area (Å²) in [6, 6.07) is 0.545. The molecule has 1 N–H and O–H groups in total. The predicted molar refractivity (Wildman–Crippen MR) is 88.8 cm³/mol. The second-order valence-electron chi connectivity index (χ2n) is 5.08. The van der Waals surface area contributed by atoms with Crippen LogP contribution in [0.2, 0.25) is 10.0 Å². The Bertz CT molecular complexity index is 715. The standard InChI is InChI=1S/C14H14Cl2N4OS/c1-8-10(15)6-18-13(12(8)16)19-11(21)7-22-14-17-4-5-20(14)9-2-3-9/h4-6,9H,2-3,7H2,1H3,(H,18,19,21). The molecule has 0 unspecified atom stereocenters. The number of carbonyl (C=O) groups excluding carboxylic acids is 1. The highest BCUT2D eigenvalue weighted by Gasteiger charge is 2.25. The first-order valence-electron chi connectivity index (χ1n) is 6.82. The van der Waals surface area contributed by atoms with E-state index in [9.17, 15) is 4.79 Å². The highest BCUT2D eigenvalue weighted by molar-refractivity contribution is 7.99. The summed E-state index contributed by atoms with van der Waals surface area (Å²) in [6.45, 7) is 1.78. The number of imidazole rings is 1. The van der Waals surface area contributed by atoms with Crippen molar-refractivity contribution in [2.24, 2.45) is 0 Å². The van der Waals surface area contributed by atoms with Crippen LogP contribution in [0.15, 0.2) is 23.7 Å². The maximum atomic E-state index is 12.1. The molecular formula is C14H14Cl2N4OS. The van der Waals surface area contributed by atoms with Gasteiger partial charge in [0.25, 0.3) is 0 Å². The van der Waals surface area contributed by atoms with E-state index in [0.717, 1.165) is 5.16 Å². The van der Waals surface area contributed by atoms with Gasteiger partial charge in [-0.3, -0.25) is 4.79 Å². The Morgan fingerprint density at radius 1 is 1.45 bits per heavy atom. The fourth-order valence-electron chi connectivity index (χ4n) is 1.98. The molecule has 8 heteroatoms. The molecule has 0 bridgehead atoms. The number of aromatic nitrogens is 3. The molecule has 2 aromatic heterocycles. The van der Waals surface area contributed by atoms with E-state index in [4.69, 9.17) is 23.2 Å². The van der Waals surface area contributed by atoms with Crippen LogP contribution in [0, 0.1) is 6.92 Å². The summed E-state index contributed by atoms with van der Waals surface area (Å²) in [5.41, 5.74) is 0.700. The summed E-state index contributed by atoms with van der Waals surface area (Å²) in [7, 11) is 0. The van der Waals surface area contributed by atoms with Gasteiger partial charge in [0, 0.05) is 24.6 Å². The van der Waals surface area contributed by atoms with Crippen LogP contribution in [-0.4, -0.2) is 26.2 Å². The minimum Gasteiger partial charge on any atom is -0.323 e. The molecule has 0 saturated heterocycles. The lowest BCUT2D eigenvalue weighted by Crippen LogP contribution is -2.16. The zero-order chi connectivity index (χ0) is 15.7. The molecule has 0 aromatic carbocycles. The molecule has 0 spiro atoms. The van der Waals surface area contributed by atoms with Crippen LogP contribution in [-0.2, 0) is 4.79 Å². The van der Waals surface area contributed by atoms with Gasteiger partial charge in [-0.05, 0) is 25.3 Å². The normalized spacial score (nSPS) is 14.1. The number of nitrogens with zero attached hydrogens (tertiary/aromatic N) is 3. The largest absolute Gasteiger partial charge is 0.323 e. The molecule has 1 amide bonds. The number of halogens is 2. The van der Waals surface area contributed by atoms with Crippen LogP contribution in [0.3, 0.4) is 0 Å². The number of anilines is 1. The van der Waals surface area contributed by atoms with Gasteiger partial charge in [-0.25, -0.2) is 9.97 Å². The van der Waals surface area contributed by atoms with Gasteiger partial charge in [-0.2, -0.15) is 0 Å². The van der Waals surface area contributed by atoms with Crippen LogP contribution in [0.25, 0.3) is 0 Å². The van der Waals surface area contributed by atoms with Crippen LogP contribution in [0.4, 0.5) is 5.82 Å². The zero-order valence-electron chi connectivity index (χ0n) is 11.8. The third-order valence-corrected chi connectivity index (χ3v) is 5.19. The van der Waals surface area contributed by atoms with E-state index >= 15 is 0 Å². The Hall–Kier alpha value is -1.24. The van der Waals surface area contributed by atoms with Crippen molar-refractivity contribution in [3.05, 3.63) is 34.2 Å². The quantitative estimate of drug-likeness (QED) is 0.823. The number of amides is 1. The van der Waals surface area contributed by atoms with Gasteiger partial charge >= 0.3 is 0 Å². The molecule has 22 heavy (non-hydrogen) atoms. The van der Waals surface area contributed by atoms with Crippen molar-refractivity contribution in [3.63, 3.8) is 0 Å². The molecular weight excluding hydrogens is 343 g/mol. The summed E-state index contributed by atoms with van der Waals surface area (Å²) in [5, 5.41) is 4.41. The second kappa shape index (κ2) is 6.48. The van der Waals surface area contributed by atoms with Crippen LogP contribution in [0.5, 0.6) is 0 Å². The molecule has 0 aliphatic heterocycles. The maximum absolute atomic E-state index is 12.1. The maximum Gasteiger partial charge on any atom is 0.236 e. The monoisotopic (exact) mass is 356 g/mol. The Morgan fingerprint density at radius 3 is 2.95 bits per heavy atom. The fraction of sp³-hybridized carbons (Fsp3) is 0.357. The average Bonchev–Trinajstić information content (AvgIpc) is 3.24. The first-order chi connectivity index (χ1) is 10.6. The van der Waals surface area contributed by atoms with E-state index in [1.165, 1.54) is 30.8 Å². The first kappa shape index (κ1) is 15.6. The minimum atomic E-state index is -0.175. The number of thioether (sulfide) groups is 1. The van der Waals surface area contributed by atoms with E-state index in [0.29, 0.717) is 27.5 Å².